The average Bonchev–Trinajstić information content (AvgIpc) is 2.35. The van der Waals surface area contributed by atoms with Gasteiger partial charge in [-0.15, -0.1) is 0 Å². The number of benzene rings is 1. The van der Waals surface area contributed by atoms with Gasteiger partial charge >= 0.3 is 0 Å². The second kappa shape index (κ2) is 6.47. The van der Waals surface area contributed by atoms with Crippen LogP contribution in [0.1, 0.15) is 24.2 Å². The normalized spacial score (nSPS) is 14.1. The van der Waals surface area contributed by atoms with Gasteiger partial charge in [0.15, 0.2) is 0 Å². The van der Waals surface area contributed by atoms with Gasteiger partial charge in [-0.1, -0.05) is 36.8 Å². The van der Waals surface area contributed by atoms with E-state index in [4.69, 9.17) is 0 Å². The Morgan fingerprint density at radius 1 is 1.21 bits per heavy atom. The first-order valence-electron chi connectivity index (χ1n) is 6.21. The van der Waals surface area contributed by atoms with Crippen LogP contribution >= 0.6 is 0 Å². The van der Waals surface area contributed by atoms with Crippen LogP contribution in [0.4, 0.5) is 0 Å². The van der Waals surface area contributed by atoms with E-state index in [1.165, 1.54) is 18.4 Å². The quantitative estimate of drug-likeness (QED) is 0.853. The summed E-state index contributed by atoms with van der Waals surface area (Å²) in [6, 6.07) is 7.43. The Labute approximate surface area is 115 Å². The van der Waals surface area contributed by atoms with Gasteiger partial charge in [0.05, 0.1) is 6.10 Å². The second-order valence-electron chi connectivity index (χ2n) is 4.67. The van der Waals surface area contributed by atoms with E-state index in [0.717, 1.165) is 15.4 Å². The summed E-state index contributed by atoms with van der Waals surface area (Å²) in [5.41, 5.74) is 1.82. The number of rotatable bonds is 6. The lowest BCUT2D eigenvalue weighted by Crippen LogP contribution is -2.42. The van der Waals surface area contributed by atoms with E-state index in [0.29, 0.717) is 6.54 Å². The van der Waals surface area contributed by atoms with Gasteiger partial charge in [0.1, 0.15) is 0 Å². The van der Waals surface area contributed by atoms with E-state index in [1.807, 2.05) is 31.2 Å². The lowest BCUT2D eigenvalue weighted by molar-refractivity contribution is 0.147. The maximum Gasteiger partial charge on any atom is 0.281 e. The summed E-state index contributed by atoms with van der Waals surface area (Å²) in [4.78, 5) is 0. The Bertz CT molecular complexity index is 497. The van der Waals surface area contributed by atoms with Crippen LogP contribution in [0.3, 0.4) is 0 Å². The SMILES string of the molecule is CCN(C[C@H](O)c1ccc(C)cc1)S(=O)(=O)N(C)C. The van der Waals surface area contributed by atoms with E-state index >= 15 is 0 Å². The fourth-order valence-electron chi connectivity index (χ4n) is 1.70. The van der Waals surface area contributed by atoms with Gasteiger partial charge in [-0.2, -0.15) is 17.0 Å². The minimum absolute atomic E-state index is 0.0556. The third-order valence-electron chi connectivity index (χ3n) is 2.98. The molecule has 0 saturated carbocycles. The van der Waals surface area contributed by atoms with Crippen LogP contribution in [-0.4, -0.2) is 49.3 Å². The van der Waals surface area contributed by atoms with Gasteiger partial charge in [-0.05, 0) is 12.5 Å². The minimum Gasteiger partial charge on any atom is -0.387 e. The first-order chi connectivity index (χ1) is 8.78. The summed E-state index contributed by atoms with van der Waals surface area (Å²) in [5.74, 6) is 0. The molecule has 0 bridgehead atoms. The topological polar surface area (TPSA) is 60.9 Å². The molecule has 1 atom stereocenters. The molecule has 108 valence electrons. The number of aliphatic hydroxyl groups is 1. The summed E-state index contributed by atoms with van der Waals surface area (Å²) < 4.78 is 26.5. The van der Waals surface area contributed by atoms with Gasteiger partial charge in [-0.25, -0.2) is 0 Å². The molecule has 5 nitrogen and oxygen atoms in total. The third kappa shape index (κ3) is 4.01. The van der Waals surface area contributed by atoms with Crippen molar-refractivity contribution in [2.24, 2.45) is 0 Å². The highest BCUT2D eigenvalue weighted by Gasteiger charge is 2.25. The highest BCUT2D eigenvalue weighted by atomic mass is 32.2. The lowest BCUT2D eigenvalue weighted by Gasteiger charge is -2.26. The molecule has 0 aliphatic carbocycles. The minimum atomic E-state index is -3.49. The van der Waals surface area contributed by atoms with E-state index in [1.54, 1.807) is 6.92 Å². The molecule has 1 aromatic rings. The predicted octanol–water partition coefficient (Wildman–Crippen LogP) is 1.16. The molecule has 0 spiro atoms. The summed E-state index contributed by atoms with van der Waals surface area (Å²) in [6.07, 6.45) is -0.824. The third-order valence-corrected chi connectivity index (χ3v) is 4.96. The van der Waals surface area contributed by atoms with Crippen molar-refractivity contribution in [2.75, 3.05) is 27.2 Å². The van der Waals surface area contributed by atoms with Gasteiger partial charge < -0.3 is 5.11 Å². The molecule has 0 fully saturated rings. The molecule has 1 N–H and O–H groups in total. The van der Waals surface area contributed by atoms with Gasteiger partial charge in [0.25, 0.3) is 10.2 Å². The fourth-order valence-corrected chi connectivity index (χ4v) is 2.82. The summed E-state index contributed by atoms with van der Waals surface area (Å²) >= 11 is 0. The number of aliphatic hydroxyl groups excluding tert-OH is 1. The molecule has 6 heteroatoms. The predicted molar refractivity (Wildman–Crippen MR) is 76.0 cm³/mol. The van der Waals surface area contributed by atoms with Crippen LogP contribution in [-0.2, 0) is 10.2 Å². The lowest BCUT2D eigenvalue weighted by atomic mass is 10.1. The summed E-state index contributed by atoms with van der Waals surface area (Å²) in [5, 5.41) is 10.1. The largest absolute Gasteiger partial charge is 0.387 e. The zero-order valence-corrected chi connectivity index (χ0v) is 12.7. The highest BCUT2D eigenvalue weighted by molar-refractivity contribution is 7.86. The molecule has 1 rings (SSSR count). The number of aryl methyl sites for hydroxylation is 1. The van der Waals surface area contributed by atoms with Crippen molar-refractivity contribution in [3.8, 4) is 0 Å². The number of nitrogens with zero attached hydrogens (tertiary/aromatic N) is 2. The molecule has 0 aliphatic heterocycles. The molecule has 0 heterocycles. The Hall–Kier alpha value is -0.950. The van der Waals surface area contributed by atoms with E-state index in [-0.39, 0.29) is 6.54 Å². The first-order valence-corrected chi connectivity index (χ1v) is 7.61. The van der Waals surface area contributed by atoms with Crippen LogP contribution in [0.15, 0.2) is 24.3 Å². The van der Waals surface area contributed by atoms with Crippen molar-refractivity contribution in [3.05, 3.63) is 35.4 Å². The molecule has 0 saturated heterocycles. The Morgan fingerprint density at radius 3 is 2.16 bits per heavy atom. The van der Waals surface area contributed by atoms with Crippen molar-refractivity contribution in [1.29, 1.82) is 0 Å². The second-order valence-corrected chi connectivity index (χ2v) is 6.81. The maximum absolute atomic E-state index is 12.0. The smallest absolute Gasteiger partial charge is 0.281 e. The van der Waals surface area contributed by atoms with Gasteiger partial charge in [0, 0.05) is 27.2 Å². The number of hydrogen-bond acceptors (Lipinski definition) is 3. The van der Waals surface area contributed by atoms with Crippen LogP contribution < -0.4 is 0 Å². The molecule has 0 radical (unpaired) electrons. The fraction of sp³-hybridized carbons (Fsp3) is 0.538. The molecule has 0 aliphatic rings. The first kappa shape index (κ1) is 16.1. The highest BCUT2D eigenvalue weighted by Crippen LogP contribution is 2.17. The maximum atomic E-state index is 12.0. The number of likely N-dealkylation sites (N-methyl/N-ethyl adjacent to an activating group) is 1. The Balaban J connectivity index is 2.85. The standard InChI is InChI=1S/C13H22N2O3S/c1-5-15(19(17,18)14(3)4)10-13(16)12-8-6-11(2)7-9-12/h6-9,13,16H,5,10H2,1-4H3/t13-/m0/s1. The zero-order valence-electron chi connectivity index (χ0n) is 11.9. The molecular formula is C13H22N2O3S. The Morgan fingerprint density at radius 2 is 1.74 bits per heavy atom. The molecular weight excluding hydrogens is 264 g/mol. The van der Waals surface area contributed by atoms with Crippen LogP contribution in [0.5, 0.6) is 0 Å². The molecule has 0 aromatic heterocycles. The molecule has 1 aromatic carbocycles. The van der Waals surface area contributed by atoms with E-state index in [2.05, 4.69) is 0 Å². The van der Waals surface area contributed by atoms with Crippen molar-refractivity contribution in [2.45, 2.75) is 20.0 Å². The van der Waals surface area contributed by atoms with Crippen molar-refractivity contribution in [3.63, 3.8) is 0 Å². The Kier molecular flexibility index (Phi) is 5.49. The van der Waals surface area contributed by atoms with Crippen molar-refractivity contribution >= 4 is 10.2 Å². The van der Waals surface area contributed by atoms with Gasteiger partial charge in [-0.3, -0.25) is 0 Å². The van der Waals surface area contributed by atoms with Crippen LogP contribution in [0.2, 0.25) is 0 Å². The average molecular weight is 286 g/mol. The van der Waals surface area contributed by atoms with E-state index < -0.39 is 16.3 Å². The van der Waals surface area contributed by atoms with Crippen molar-refractivity contribution < 1.29 is 13.5 Å². The summed E-state index contributed by atoms with van der Waals surface area (Å²) in [6.45, 7) is 4.09. The molecule has 19 heavy (non-hydrogen) atoms. The zero-order chi connectivity index (χ0) is 14.6. The van der Waals surface area contributed by atoms with E-state index in [9.17, 15) is 13.5 Å². The summed E-state index contributed by atoms with van der Waals surface area (Å²) in [7, 11) is -0.529. The number of hydrogen-bond donors (Lipinski definition) is 1. The molecule has 0 unspecified atom stereocenters. The van der Waals surface area contributed by atoms with Crippen LogP contribution in [0, 0.1) is 6.92 Å². The molecule has 0 amide bonds. The van der Waals surface area contributed by atoms with Crippen LogP contribution in [0.25, 0.3) is 0 Å². The van der Waals surface area contributed by atoms with Gasteiger partial charge in [0.2, 0.25) is 0 Å². The monoisotopic (exact) mass is 286 g/mol. The van der Waals surface area contributed by atoms with Crippen molar-refractivity contribution in [1.82, 2.24) is 8.61 Å².